The van der Waals surface area contributed by atoms with E-state index in [-0.39, 0.29) is 0 Å². The number of hydrogen-bond donors (Lipinski definition) is 4. The van der Waals surface area contributed by atoms with Gasteiger partial charge in [0.2, 0.25) is 6.29 Å². The van der Waals surface area contributed by atoms with Gasteiger partial charge in [-0.3, -0.25) is 0 Å². The van der Waals surface area contributed by atoms with Crippen LogP contribution in [0.5, 0.6) is 5.75 Å². The third-order valence-corrected chi connectivity index (χ3v) is 6.26. The number of aliphatic hydroxyl groups is 4. The van der Waals surface area contributed by atoms with Crippen molar-refractivity contribution in [1.29, 1.82) is 0 Å². The first-order valence-corrected chi connectivity index (χ1v) is 10.7. The van der Waals surface area contributed by atoms with Gasteiger partial charge in [-0.2, -0.15) is 0 Å². The molecule has 0 spiro atoms. The number of aryl methyl sites for hydroxylation is 2. The Hall–Kier alpha value is -2.22. The van der Waals surface area contributed by atoms with Gasteiger partial charge in [0.25, 0.3) is 0 Å². The zero-order valence-corrected chi connectivity index (χ0v) is 17.9. The lowest BCUT2D eigenvalue weighted by Crippen LogP contribution is -2.66. The molecule has 2 aromatic carbocycles. The number of rotatable bonds is 4. The first-order chi connectivity index (χ1) is 14.8. The summed E-state index contributed by atoms with van der Waals surface area (Å²) < 4.78 is 11.4. The van der Waals surface area contributed by atoms with E-state index in [4.69, 9.17) is 9.47 Å². The highest BCUT2D eigenvalue weighted by Crippen LogP contribution is 2.34. The smallest absolute Gasteiger partial charge is 0.231 e. The Balaban J connectivity index is 1.57. The zero-order chi connectivity index (χ0) is 22.2. The SMILES string of the molecule is Cc1cc(-c2ccc3c(c2)CCCC=C3)ccc1OC1OC(CO)C(O)C(O)C1(C)O. The van der Waals surface area contributed by atoms with Crippen molar-refractivity contribution < 1.29 is 29.9 Å². The maximum absolute atomic E-state index is 10.7. The quantitative estimate of drug-likeness (QED) is 0.600. The van der Waals surface area contributed by atoms with E-state index in [0.29, 0.717) is 5.75 Å². The second-order valence-electron chi connectivity index (χ2n) is 8.66. The molecule has 1 heterocycles. The highest BCUT2D eigenvalue weighted by atomic mass is 16.7. The summed E-state index contributed by atoms with van der Waals surface area (Å²) in [4.78, 5) is 0. The monoisotopic (exact) mass is 426 g/mol. The van der Waals surface area contributed by atoms with Gasteiger partial charge in [-0.05, 0) is 73.1 Å². The minimum Gasteiger partial charge on any atom is -0.461 e. The van der Waals surface area contributed by atoms with Gasteiger partial charge in [0.15, 0.2) is 5.60 Å². The van der Waals surface area contributed by atoms with Crippen LogP contribution in [0.2, 0.25) is 0 Å². The predicted octanol–water partition coefficient (Wildman–Crippen LogP) is 2.58. The number of ether oxygens (including phenoxy) is 2. The van der Waals surface area contributed by atoms with Gasteiger partial charge in [-0.25, -0.2) is 0 Å². The van der Waals surface area contributed by atoms with Crippen LogP contribution in [0.1, 0.15) is 36.5 Å². The molecule has 1 aliphatic carbocycles. The van der Waals surface area contributed by atoms with Gasteiger partial charge in [0, 0.05) is 0 Å². The molecule has 0 aromatic heterocycles. The molecule has 1 saturated heterocycles. The van der Waals surface area contributed by atoms with Crippen molar-refractivity contribution in [1.82, 2.24) is 0 Å². The Labute approximate surface area is 182 Å². The van der Waals surface area contributed by atoms with Crippen molar-refractivity contribution in [3.8, 4) is 16.9 Å². The molecule has 0 radical (unpaired) electrons. The standard InChI is InChI=1S/C25H30O6/c1-15-12-18(19-9-8-16-6-4-3-5-7-17(16)13-19)10-11-20(15)30-24-25(2,29)23(28)22(27)21(14-26)31-24/h4,6,8-13,21-24,26-29H,3,5,7,14H2,1-2H3. The largest absolute Gasteiger partial charge is 0.461 e. The van der Waals surface area contributed by atoms with Crippen LogP contribution in [0, 0.1) is 6.92 Å². The molecule has 6 heteroatoms. The molecule has 1 aliphatic heterocycles. The first-order valence-electron chi connectivity index (χ1n) is 10.7. The molecule has 0 bridgehead atoms. The van der Waals surface area contributed by atoms with Crippen LogP contribution in [0.15, 0.2) is 42.5 Å². The van der Waals surface area contributed by atoms with Gasteiger partial charge >= 0.3 is 0 Å². The Kier molecular flexibility index (Phi) is 6.19. The molecular weight excluding hydrogens is 396 g/mol. The molecule has 5 unspecified atom stereocenters. The molecule has 1 fully saturated rings. The lowest BCUT2D eigenvalue weighted by molar-refractivity contribution is -0.314. The molecule has 4 N–H and O–H groups in total. The van der Waals surface area contributed by atoms with Crippen LogP contribution in [0.3, 0.4) is 0 Å². The second-order valence-corrected chi connectivity index (χ2v) is 8.66. The third kappa shape index (κ3) is 4.27. The van der Waals surface area contributed by atoms with E-state index in [1.54, 1.807) is 6.07 Å². The van der Waals surface area contributed by atoms with E-state index in [1.807, 2.05) is 19.1 Å². The maximum Gasteiger partial charge on any atom is 0.231 e. The minimum absolute atomic E-state index is 0.493. The first kappa shape index (κ1) is 22.0. The topological polar surface area (TPSA) is 99.4 Å². The number of allylic oxidation sites excluding steroid dienone is 1. The van der Waals surface area contributed by atoms with Gasteiger partial charge < -0.3 is 29.9 Å². The van der Waals surface area contributed by atoms with E-state index in [2.05, 4.69) is 30.4 Å². The van der Waals surface area contributed by atoms with Crippen molar-refractivity contribution in [2.75, 3.05) is 6.61 Å². The maximum atomic E-state index is 10.7. The Morgan fingerprint density at radius 3 is 2.61 bits per heavy atom. The highest BCUT2D eigenvalue weighted by Gasteiger charge is 2.53. The summed E-state index contributed by atoms with van der Waals surface area (Å²) in [7, 11) is 0. The second kappa shape index (κ2) is 8.73. The average Bonchev–Trinajstić information content (AvgIpc) is 3.00. The molecular formula is C25H30O6. The molecule has 2 aromatic rings. The summed E-state index contributed by atoms with van der Waals surface area (Å²) >= 11 is 0. The van der Waals surface area contributed by atoms with E-state index < -0.39 is 36.8 Å². The van der Waals surface area contributed by atoms with Crippen LogP contribution < -0.4 is 4.74 Å². The van der Waals surface area contributed by atoms with Crippen molar-refractivity contribution in [2.24, 2.45) is 0 Å². The van der Waals surface area contributed by atoms with Crippen LogP contribution in [-0.4, -0.2) is 57.2 Å². The molecule has 0 saturated carbocycles. The zero-order valence-electron chi connectivity index (χ0n) is 17.9. The van der Waals surface area contributed by atoms with Gasteiger partial charge in [0.05, 0.1) is 6.61 Å². The molecule has 2 aliphatic rings. The van der Waals surface area contributed by atoms with Crippen molar-refractivity contribution in [3.63, 3.8) is 0 Å². The molecule has 5 atom stereocenters. The Morgan fingerprint density at radius 1 is 1.13 bits per heavy atom. The Bertz CT molecular complexity index is 966. The minimum atomic E-state index is -1.85. The highest BCUT2D eigenvalue weighted by molar-refractivity contribution is 5.69. The van der Waals surface area contributed by atoms with Crippen LogP contribution in [-0.2, 0) is 11.2 Å². The summed E-state index contributed by atoms with van der Waals surface area (Å²) in [6.45, 7) is 2.74. The van der Waals surface area contributed by atoms with Gasteiger partial charge in [-0.1, -0.05) is 36.4 Å². The summed E-state index contributed by atoms with van der Waals surface area (Å²) in [5, 5.41) is 40.4. The molecule has 0 amide bonds. The summed E-state index contributed by atoms with van der Waals surface area (Å²) in [6.07, 6.45) is 2.50. The van der Waals surface area contributed by atoms with Gasteiger partial charge in [-0.15, -0.1) is 0 Å². The predicted molar refractivity (Wildman–Crippen MR) is 118 cm³/mol. The lowest BCUT2D eigenvalue weighted by Gasteiger charge is -2.45. The average molecular weight is 427 g/mol. The number of benzene rings is 2. The summed E-state index contributed by atoms with van der Waals surface area (Å²) in [6, 6.07) is 12.3. The van der Waals surface area contributed by atoms with Crippen LogP contribution >= 0.6 is 0 Å². The fraction of sp³-hybridized carbons (Fsp3) is 0.440. The van der Waals surface area contributed by atoms with E-state index in [0.717, 1.165) is 36.0 Å². The fourth-order valence-corrected chi connectivity index (χ4v) is 4.23. The van der Waals surface area contributed by atoms with E-state index in [9.17, 15) is 20.4 Å². The van der Waals surface area contributed by atoms with Crippen LogP contribution in [0.25, 0.3) is 17.2 Å². The van der Waals surface area contributed by atoms with Crippen LogP contribution in [0.4, 0.5) is 0 Å². The fourth-order valence-electron chi connectivity index (χ4n) is 4.23. The molecule has 31 heavy (non-hydrogen) atoms. The number of fused-ring (bicyclic) bond motifs is 1. The molecule has 4 rings (SSSR count). The summed E-state index contributed by atoms with van der Waals surface area (Å²) in [5.74, 6) is 0.493. The van der Waals surface area contributed by atoms with Gasteiger partial charge in [0.1, 0.15) is 24.1 Å². The number of aliphatic hydroxyl groups excluding tert-OH is 3. The normalized spacial score (nSPS) is 30.5. The Morgan fingerprint density at radius 2 is 1.87 bits per heavy atom. The summed E-state index contributed by atoms with van der Waals surface area (Å²) in [5.41, 5.74) is 3.80. The molecule has 6 nitrogen and oxygen atoms in total. The number of hydrogen-bond acceptors (Lipinski definition) is 6. The third-order valence-electron chi connectivity index (χ3n) is 6.26. The van der Waals surface area contributed by atoms with E-state index >= 15 is 0 Å². The van der Waals surface area contributed by atoms with Crippen molar-refractivity contribution >= 4 is 6.08 Å². The van der Waals surface area contributed by atoms with Crippen molar-refractivity contribution in [3.05, 3.63) is 59.2 Å². The van der Waals surface area contributed by atoms with E-state index in [1.165, 1.54) is 18.1 Å². The molecule has 166 valence electrons. The lowest BCUT2D eigenvalue weighted by atomic mass is 9.88. The van der Waals surface area contributed by atoms with Crippen molar-refractivity contribution in [2.45, 2.75) is 63.3 Å².